The average molecular weight is 273 g/mol. The average Bonchev–Trinajstić information content (AvgIpc) is 1.94. The van der Waals surface area contributed by atoms with Gasteiger partial charge in [-0.2, -0.15) is 13.2 Å². The third-order valence-electron chi connectivity index (χ3n) is 2.45. The van der Waals surface area contributed by atoms with E-state index in [9.17, 15) is 26.4 Å². The highest BCUT2D eigenvalue weighted by Crippen LogP contribution is 2.25. The molecule has 1 aliphatic heterocycles. The maximum Gasteiger partial charge on any atom is 0.471 e. The third kappa shape index (κ3) is 3.34. The highest BCUT2D eigenvalue weighted by atomic mass is 32.2. The molecule has 1 heterocycles. The van der Waals surface area contributed by atoms with Crippen LogP contribution in [0.5, 0.6) is 0 Å². The number of likely N-dealkylation sites (tertiary alicyclic amines) is 1. The van der Waals surface area contributed by atoms with Crippen LogP contribution in [0.4, 0.5) is 13.2 Å². The number of hydrogen-bond acceptors (Lipinski definition) is 3. The van der Waals surface area contributed by atoms with Gasteiger partial charge in [0.2, 0.25) is 0 Å². The van der Waals surface area contributed by atoms with E-state index in [0.717, 1.165) is 0 Å². The minimum absolute atomic E-state index is 0.0638. The zero-order valence-corrected chi connectivity index (χ0v) is 10.3. The van der Waals surface area contributed by atoms with Gasteiger partial charge < -0.3 is 4.90 Å². The minimum Gasteiger partial charge on any atom is -0.332 e. The Morgan fingerprint density at radius 1 is 1.35 bits per heavy atom. The predicted molar refractivity (Wildman–Crippen MR) is 55.0 cm³/mol. The van der Waals surface area contributed by atoms with Crippen LogP contribution < -0.4 is 0 Å². The van der Waals surface area contributed by atoms with E-state index in [1.165, 1.54) is 0 Å². The van der Waals surface area contributed by atoms with Gasteiger partial charge in [0, 0.05) is 13.1 Å². The van der Waals surface area contributed by atoms with Crippen molar-refractivity contribution in [2.24, 2.45) is 5.92 Å². The molecule has 0 spiro atoms. The number of nitrogens with zero attached hydrogens (tertiary/aromatic N) is 1. The van der Waals surface area contributed by atoms with Gasteiger partial charge in [-0.3, -0.25) is 4.79 Å². The monoisotopic (exact) mass is 273 g/mol. The Kier molecular flexibility index (Phi) is 3.75. The van der Waals surface area contributed by atoms with Crippen LogP contribution >= 0.6 is 0 Å². The van der Waals surface area contributed by atoms with Gasteiger partial charge in [-0.25, -0.2) is 8.42 Å². The molecule has 17 heavy (non-hydrogen) atoms. The molecule has 1 amide bonds. The molecule has 0 saturated carbocycles. The predicted octanol–water partition coefficient (Wildman–Crippen LogP) is 0.830. The van der Waals surface area contributed by atoms with Crippen LogP contribution in [-0.4, -0.2) is 49.5 Å². The highest BCUT2D eigenvalue weighted by molar-refractivity contribution is 7.92. The minimum atomic E-state index is -4.92. The number of rotatable bonds is 3. The summed E-state index contributed by atoms with van der Waals surface area (Å²) in [5.74, 6) is -2.10. The Bertz CT molecular complexity index is 396. The lowest BCUT2D eigenvalue weighted by Gasteiger charge is -2.39. The van der Waals surface area contributed by atoms with Gasteiger partial charge in [0.05, 0.1) is 11.0 Å². The van der Waals surface area contributed by atoms with Gasteiger partial charge in [-0.1, -0.05) is 13.8 Å². The van der Waals surface area contributed by atoms with E-state index in [4.69, 9.17) is 0 Å². The lowest BCUT2D eigenvalue weighted by atomic mass is 10.2. The zero-order valence-electron chi connectivity index (χ0n) is 9.49. The maximum absolute atomic E-state index is 12.0. The molecular weight excluding hydrogens is 259 g/mol. The summed E-state index contributed by atoms with van der Waals surface area (Å²) in [5, 5.41) is -0.851. The van der Waals surface area contributed by atoms with E-state index in [1.54, 1.807) is 13.8 Å². The molecule has 0 radical (unpaired) electrons. The molecule has 100 valence electrons. The zero-order chi connectivity index (χ0) is 13.4. The first-order valence-electron chi connectivity index (χ1n) is 5.11. The van der Waals surface area contributed by atoms with Gasteiger partial charge in [-0.05, 0) is 5.92 Å². The smallest absolute Gasteiger partial charge is 0.332 e. The number of hydrogen-bond donors (Lipinski definition) is 0. The van der Waals surface area contributed by atoms with Crippen LogP contribution in [0.1, 0.15) is 13.8 Å². The van der Waals surface area contributed by atoms with Crippen molar-refractivity contribution in [2.45, 2.75) is 25.3 Å². The summed E-state index contributed by atoms with van der Waals surface area (Å²) in [4.78, 5) is 11.3. The summed E-state index contributed by atoms with van der Waals surface area (Å²) in [6.45, 7) is 2.73. The fraction of sp³-hybridized carbons (Fsp3) is 0.889. The Balaban J connectivity index is 2.56. The van der Waals surface area contributed by atoms with Gasteiger partial charge in [0.15, 0.2) is 9.84 Å². The van der Waals surface area contributed by atoms with E-state index < -0.39 is 27.2 Å². The summed E-state index contributed by atoms with van der Waals surface area (Å²) in [6.07, 6.45) is -4.92. The fourth-order valence-corrected chi connectivity index (χ4v) is 3.63. The molecule has 0 aromatic heterocycles. The molecule has 0 aromatic carbocycles. The molecule has 8 heteroatoms. The molecule has 1 aliphatic rings. The second-order valence-electron chi connectivity index (χ2n) is 4.55. The van der Waals surface area contributed by atoms with Crippen LogP contribution in [-0.2, 0) is 14.6 Å². The van der Waals surface area contributed by atoms with Crippen molar-refractivity contribution in [1.82, 2.24) is 4.90 Å². The topological polar surface area (TPSA) is 54.5 Å². The van der Waals surface area contributed by atoms with Crippen molar-refractivity contribution in [1.29, 1.82) is 0 Å². The van der Waals surface area contributed by atoms with Crippen LogP contribution in [0.2, 0.25) is 0 Å². The molecule has 0 aliphatic carbocycles. The molecule has 0 bridgehead atoms. The first-order chi connectivity index (χ1) is 7.54. The Morgan fingerprint density at radius 3 is 2.18 bits per heavy atom. The quantitative estimate of drug-likeness (QED) is 0.765. The maximum atomic E-state index is 12.0. The van der Waals surface area contributed by atoms with Crippen molar-refractivity contribution in [2.75, 3.05) is 18.8 Å². The van der Waals surface area contributed by atoms with Crippen molar-refractivity contribution < 1.29 is 26.4 Å². The molecule has 4 nitrogen and oxygen atoms in total. The first kappa shape index (κ1) is 14.3. The van der Waals surface area contributed by atoms with Gasteiger partial charge >= 0.3 is 12.1 Å². The van der Waals surface area contributed by atoms with Crippen molar-refractivity contribution in [3.05, 3.63) is 0 Å². The SMILES string of the molecule is CC(C)CS(=O)(=O)C1CN(C(=O)C(F)(F)F)C1. The van der Waals surface area contributed by atoms with Crippen molar-refractivity contribution in [3.8, 4) is 0 Å². The summed E-state index contributed by atoms with van der Waals surface area (Å²) < 4.78 is 59.3. The Labute approximate surface area is 97.7 Å². The van der Waals surface area contributed by atoms with Gasteiger partial charge in [0.1, 0.15) is 0 Å². The fourth-order valence-electron chi connectivity index (χ4n) is 1.61. The summed E-state index contributed by atoms with van der Waals surface area (Å²) in [6, 6.07) is 0. The molecule has 0 unspecified atom stereocenters. The van der Waals surface area contributed by atoms with Crippen LogP contribution in [0.3, 0.4) is 0 Å². The van der Waals surface area contributed by atoms with E-state index in [0.29, 0.717) is 4.90 Å². The van der Waals surface area contributed by atoms with E-state index in [-0.39, 0.29) is 24.8 Å². The molecule has 0 aromatic rings. The van der Waals surface area contributed by atoms with E-state index in [1.807, 2.05) is 0 Å². The molecule has 0 atom stereocenters. The normalized spacial score (nSPS) is 18.4. The number of carbonyl (C=O) groups is 1. The van der Waals surface area contributed by atoms with Crippen molar-refractivity contribution in [3.63, 3.8) is 0 Å². The van der Waals surface area contributed by atoms with E-state index >= 15 is 0 Å². The number of halogens is 3. The highest BCUT2D eigenvalue weighted by Gasteiger charge is 2.49. The number of amides is 1. The van der Waals surface area contributed by atoms with E-state index in [2.05, 4.69) is 0 Å². The molecular formula is C9H14F3NO3S. The van der Waals surface area contributed by atoms with Gasteiger partial charge in [-0.15, -0.1) is 0 Å². The summed E-state index contributed by atoms with van der Waals surface area (Å²) >= 11 is 0. The van der Waals surface area contributed by atoms with Gasteiger partial charge in [0.25, 0.3) is 0 Å². The second kappa shape index (κ2) is 4.47. The summed E-state index contributed by atoms with van der Waals surface area (Å²) in [7, 11) is -3.40. The lowest BCUT2D eigenvalue weighted by Crippen LogP contribution is -2.60. The van der Waals surface area contributed by atoms with Crippen molar-refractivity contribution >= 4 is 15.7 Å². The standard InChI is InChI=1S/C9H14F3NO3S/c1-6(2)5-17(15,16)7-3-13(4-7)8(14)9(10,11)12/h6-7H,3-5H2,1-2H3. The lowest BCUT2D eigenvalue weighted by molar-refractivity contribution is -0.188. The van der Waals surface area contributed by atoms with Crippen LogP contribution in [0.15, 0.2) is 0 Å². The molecule has 1 rings (SSSR count). The molecule has 1 saturated heterocycles. The van der Waals surface area contributed by atoms with Crippen LogP contribution in [0, 0.1) is 5.92 Å². The molecule has 1 fully saturated rings. The summed E-state index contributed by atoms with van der Waals surface area (Å²) in [5.41, 5.74) is 0. The Hall–Kier alpha value is -0.790. The number of alkyl halides is 3. The molecule has 0 N–H and O–H groups in total. The Morgan fingerprint density at radius 2 is 1.82 bits per heavy atom. The second-order valence-corrected chi connectivity index (χ2v) is 6.88. The number of sulfone groups is 1. The number of carbonyl (C=O) groups excluding carboxylic acids is 1. The van der Waals surface area contributed by atoms with Crippen LogP contribution in [0.25, 0.3) is 0 Å². The first-order valence-corrected chi connectivity index (χ1v) is 6.83. The largest absolute Gasteiger partial charge is 0.471 e. The third-order valence-corrected chi connectivity index (χ3v) is 4.90.